The average Bonchev–Trinajstić information content (AvgIpc) is 2.62. The Balaban J connectivity index is 2.24. The first-order valence-electron chi connectivity index (χ1n) is 6.35. The van der Waals surface area contributed by atoms with Crippen LogP contribution in [0.4, 0.5) is 0 Å². The third kappa shape index (κ3) is 3.15. The zero-order chi connectivity index (χ0) is 13.0. The lowest BCUT2D eigenvalue weighted by molar-refractivity contribution is 0.341. The molecule has 0 aliphatic carbocycles. The van der Waals surface area contributed by atoms with Crippen molar-refractivity contribution in [3.63, 3.8) is 0 Å². The first kappa shape index (κ1) is 13.2. The van der Waals surface area contributed by atoms with E-state index >= 15 is 0 Å². The zero-order valence-electron chi connectivity index (χ0n) is 11.4. The highest BCUT2D eigenvalue weighted by atomic mass is 16.5. The number of benzene rings is 1. The van der Waals surface area contributed by atoms with Crippen molar-refractivity contribution in [1.29, 1.82) is 0 Å². The van der Waals surface area contributed by atoms with E-state index in [1.165, 1.54) is 5.56 Å². The van der Waals surface area contributed by atoms with Crippen molar-refractivity contribution in [3.8, 4) is 11.5 Å². The quantitative estimate of drug-likeness (QED) is 0.877. The molecule has 1 N–H and O–H groups in total. The van der Waals surface area contributed by atoms with Gasteiger partial charge in [0.05, 0.1) is 14.2 Å². The minimum atomic E-state index is 0.474. The number of hydrogen-bond donors (Lipinski definition) is 1. The third-order valence-electron chi connectivity index (χ3n) is 3.44. The molecule has 1 heterocycles. The Bertz CT molecular complexity index is 373. The summed E-state index contributed by atoms with van der Waals surface area (Å²) >= 11 is 0. The Morgan fingerprint density at radius 3 is 2.44 bits per heavy atom. The number of methoxy groups -OCH3 is 2. The second-order valence-electron chi connectivity index (χ2n) is 4.81. The van der Waals surface area contributed by atoms with Gasteiger partial charge >= 0.3 is 0 Å². The van der Waals surface area contributed by atoms with E-state index in [1.807, 2.05) is 6.07 Å². The van der Waals surface area contributed by atoms with E-state index in [-0.39, 0.29) is 0 Å². The molecule has 0 saturated carbocycles. The molecule has 1 saturated heterocycles. The summed E-state index contributed by atoms with van der Waals surface area (Å²) in [5.74, 6) is 2.19. The summed E-state index contributed by atoms with van der Waals surface area (Å²) in [6.07, 6.45) is 0. The lowest BCUT2D eigenvalue weighted by Crippen LogP contribution is -2.24. The summed E-state index contributed by atoms with van der Waals surface area (Å²) in [5.41, 5.74) is 1.27. The molecule has 1 aliphatic rings. The van der Waals surface area contributed by atoms with Gasteiger partial charge in [0.1, 0.15) is 11.5 Å². The molecule has 0 bridgehead atoms. The summed E-state index contributed by atoms with van der Waals surface area (Å²) < 4.78 is 10.7. The monoisotopic (exact) mass is 250 g/mol. The van der Waals surface area contributed by atoms with Crippen LogP contribution in [0.25, 0.3) is 0 Å². The molecule has 0 spiro atoms. The van der Waals surface area contributed by atoms with Crippen LogP contribution in [0.1, 0.15) is 11.5 Å². The maximum absolute atomic E-state index is 5.33. The normalized spacial score (nSPS) is 21.4. The molecule has 0 amide bonds. The first-order chi connectivity index (χ1) is 8.72. The van der Waals surface area contributed by atoms with Gasteiger partial charge in [0.25, 0.3) is 0 Å². The second kappa shape index (κ2) is 6.07. The molecule has 1 unspecified atom stereocenters. The largest absolute Gasteiger partial charge is 0.497 e. The summed E-state index contributed by atoms with van der Waals surface area (Å²) in [6.45, 7) is 4.20. The lowest BCUT2D eigenvalue weighted by atomic mass is 9.98. The lowest BCUT2D eigenvalue weighted by Gasteiger charge is -2.20. The van der Waals surface area contributed by atoms with Crippen LogP contribution in [0.3, 0.4) is 0 Å². The van der Waals surface area contributed by atoms with Crippen LogP contribution in [-0.4, -0.2) is 52.3 Å². The van der Waals surface area contributed by atoms with E-state index in [4.69, 9.17) is 9.47 Å². The summed E-state index contributed by atoms with van der Waals surface area (Å²) in [4.78, 5) is 2.36. The van der Waals surface area contributed by atoms with Gasteiger partial charge in [-0.3, -0.25) is 0 Å². The number of likely N-dealkylation sites (N-methyl/N-ethyl adjacent to an activating group) is 1. The van der Waals surface area contributed by atoms with Crippen LogP contribution in [0, 0.1) is 0 Å². The van der Waals surface area contributed by atoms with Crippen LogP contribution in [0.15, 0.2) is 18.2 Å². The highest BCUT2D eigenvalue weighted by molar-refractivity contribution is 5.40. The minimum Gasteiger partial charge on any atom is -0.497 e. The van der Waals surface area contributed by atoms with Crippen molar-refractivity contribution in [1.82, 2.24) is 10.2 Å². The van der Waals surface area contributed by atoms with Gasteiger partial charge in [-0.1, -0.05) is 0 Å². The Morgan fingerprint density at radius 1 is 1.17 bits per heavy atom. The average molecular weight is 250 g/mol. The van der Waals surface area contributed by atoms with Gasteiger partial charge in [-0.15, -0.1) is 0 Å². The van der Waals surface area contributed by atoms with Crippen LogP contribution < -0.4 is 14.8 Å². The van der Waals surface area contributed by atoms with E-state index in [1.54, 1.807) is 14.2 Å². The van der Waals surface area contributed by atoms with Crippen molar-refractivity contribution in [2.45, 2.75) is 5.92 Å². The Morgan fingerprint density at radius 2 is 1.83 bits per heavy atom. The Kier molecular flexibility index (Phi) is 4.44. The van der Waals surface area contributed by atoms with Gasteiger partial charge < -0.3 is 19.7 Å². The van der Waals surface area contributed by atoms with Crippen molar-refractivity contribution in [3.05, 3.63) is 23.8 Å². The van der Waals surface area contributed by atoms with Gasteiger partial charge in [0, 0.05) is 38.2 Å². The molecular weight excluding hydrogens is 228 g/mol. The molecule has 4 heteroatoms. The van der Waals surface area contributed by atoms with Crippen LogP contribution in [-0.2, 0) is 0 Å². The summed E-state index contributed by atoms with van der Waals surface area (Å²) in [6, 6.07) is 6.12. The van der Waals surface area contributed by atoms with Crippen LogP contribution in [0.2, 0.25) is 0 Å². The highest BCUT2D eigenvalue weighted by Gasteiger charge is 2.18. The van der Waals surface area contributed by atoms with E-state index in [0.29, 0.717) is 5.92 Å². The summed E-state index contributed by atoms with van der Waals surface area (Å²) in [5, 5.41) is 3.48. The van der Waals surface area contributed by atoms with Gasteiger partial charge in [-0.25, -0.2) is 0 Å². The molecule has 18 heavy (non-hydrogen) atoms. The number of nitrogens with zero attached hydrogens (tertiary/aromatic N) is 1. The predicted molar refractivity (Wildman–Crippen MR) is 72.7 cm³/mol. The van der Waals surface area contributed by atoms with Crippen LogP contribution in [0.5, 0.6) is 11.5 Å². The molecule has 100 valence electrons. The van der Waals surface area contributed by atoms with Crippen molar-refractivity contribution < 1.29 is 9.47 Å². The van der Waals surface area contributed by atoms with Crippen LogP contribution >= 0.6 is 0 Å². The third-order valence-corrected chi connectivity index (χ3v) is 3.44. The number of hydrogen-bond acceptors (Lipinski definition) is 4. The van der Waals surface area contributed by atoms with Crippen molar-refractivity contribution >= 4 is 0 Å². The molecule has 1 fully saturated rings. The van der Waals surface area contributed by atoms with Gasteiger partial charge in [0.2, 0.25) is 0 Å². The smallest absolute Gasteiger partial charge is 0.122 e. The van der Waals surface area contributed by atoms with Gasteiger partial charge in [-0.2, -0.15) is 0 Å². The highest BCUT2D eigenvalue weighted by Crippen LogP contribution is 2.28. The molecule has 1 aromatic carbocycles. The molecule has 1 aliphatic heterocycles. The predicted octanol–water partition coefficient (Wildman–Crippen LogP) is 1.32. The van der Waals surface area contributed by atoms with E-state index in [0.717, 1.165) is 37.7 Å². The molecule has 4 nitrogen and oxygen atoms in total. The Hall–Kier alpha value is -1.26. The minimum absolute atomic E-state index is 0.474. The standard InChI is InChI=1S/C14H22N2O2/c1-16-5-4-15-9-12(10-16)11-6-13(17-2)8-14(7-11)18-3/h6-8,12,15H,4-5,9-10H2,1-3H3. The topological polar surface area (TPSA) is 33.7 Å². The maximum atomic E-state index is 5.33. The van der Waals surface area contributed by atoms with Gasteiger partial charge in [-0.05, 0) is 24.7 Å². The SMILES string of the molecule is COc1cc(OC)cc(C2CNCCN(C)C2)c1. The fraction of sp³-hybridized carbons (Fsp3) is 0.571. The van der Waals surface area contributed by atoms with Crippen molar-refractivity contribution in [2.75, 3.05) is 47.4 Å². The number of rotatable bonds is 3. The fourth-order valence-electron chi connectivity index (χ4n) is 2.37. The van der Waals surface area contributed by atoms with E-state index in [9.17, 15) is 0 Å². The first-order valence-corrected chi connectivity index (χ1v) is 6.35. The maximum Gasteiger partial charge on any atom is 0.122 e. The fourth-order valence-corrected chi connectivity index (χ4v) is 2.37. The van der Waals surface area contributed by atoms with E-state index in [2.05, 4.69) is 29.4 Å². The van der Waals surface area contributed by atoms with Gasteiger partial charge in [0.15, 0.2) is 0 Å². The molecular formula is C14H22N2O2. The molecule has 2 rings (SSSR count). The van der Waals surface area contributed by atoms with Crippen molar-refractivity contribution in [2.24, 2.45) is 0 Å². The number of nitrogens with one attached hydrogen (secondary N) is 1. The molecule has 0 radical (unpaired) electrons. The summed E-state index contributed by atoms with van der Waals surface area (Å²) in [7, 11) is 5.55. The van der Waals surface area contributed by atoms with E-state index < -0.39 is 0 Å². The second-order valence-corrected chi connectivity index (χ2v) is 4.81. The molecule has 1 aromatic rings. The molecule has 1 atom stereocenters. The number of ether oxygens (including phenoxy) is 2. The Labute approximate surface area is 109 Å². The molecule has 0 aromatic heterocycles. The zero-order valence-corrected chi connectivity index (χ0v) is 11.4.